The molecule has 0 bridgehead atoms. The summed E-state index contributed by atoms with van der Waals surface area (Å²) in [5, 5.41) is 3.39. The van der Waals surface area contributed by atoms with Crippen molar-refractivity contribution < 1.29 is 9.47 Å². The highest BCUT2D eigenvalue weighted by Crippen LogP contribution is 2.65. The van der Waals surface area contributed by atoms with E-state index in [0.29, 0.717) is 5.41 Å². The van der Waals surface area contributed by atoms with E-state index in [2.05, 4.69) is 17.4 Å². The fourth-order valence-corrected chi connectivity index (χ4v) is 4.35. The minimum absolute atomic E-state index is 0.286. The number of rotatable bonds is 5. The van der Waals surface area contributed by atoms with Crippen LogP contribution in [0.1, 0.15) is 37.7 Å². The van der Waals surface area contributed by atoms with E-state index in [0.717, 1.165) is 18.0 Å². The molecule has 0 unspecified atom stereocenters. The fourth-order valence-electron chi connectivity index (χ4n) is 4.35. The van der Waals surface area contributed by atoms with E-state index >= 15 is 0 Å². The third kappa shape index (κ3) is 1.99. The second kappa shape index (κ2) is 4.96. The van der Waals surface area contributed by atoms with E-state index in [1.165, 1.54) is 37.7 Å². The first-order valence-electron chi connectivity index (χ1n) is 7.54. The summed E-state index contributed by atoms with van der Waals surface area (Å²) in [6, 6.07) is 6.42. The van der Waals surface area contributed by atoms with Crippen molar-refractivity contribution in [1.29, 1.82) is 0 Å². The molecule has 20 heavy (non-hydrogen) atoms. The van der Waals surface area contributed by atoms with Gasteiger partial charge in [0.25, 0.3) is 0 Å². The molecule has 0 atom stereocenters. The summed E-state index contributed by atoms with van der Waals surface area (Å²) in [7, 11) is 5.45. The lowest BCUT2D eigenvalue weighted by molar-refractivity contribution is -0.0476. The van der Waals surface area contributed by atoms with Gasteiger partial charge in [0.1, 0.15) is 0 Å². The minimum atomic E-state index is 0.286. The lowest BCUT2D eigenvalue weighted by Gasteiger charge is -2.61. The quantitative estimate of drug-likeness (QED) is 0.895. The Kier molecular flexibility index (Phi) is 3.41. The SMILES string of the molecule is CNCC1(c2ccc(OC)c(OC)c2)CC2(CCC2)C1. The van der Waals surface area contributed by atoms with Crippen molar-refractivity contribution >= 4 is 0 Å². The van der Waals surface area contributed by atoms with Crippen LogP contribution in [0.25, 0.3) is 0 Å². The number of hydrogen-bond donors (Lipinski definition) is 1. The zero-order valence-electron chi connectivity index (χ0n) is 12.8. The molecule has 1 aromatic carbocycles. The van der Waals surface area contributed by atoms with Crippen LogP contribution in [0.5, 0.6) is 11.5 Å². The molecule has 0 heterocycles. The smallest absolute Gasteiger partial charge is 0.161 e. The maximum Gasteiger partial charge on any atom is 0.161 e. The summed E-state index contributed by atoms with van der Waals surface area (Å²) < 4.78 is 10.8. The Balaban J connectivity index is 1.88. The Morgan fingerprint density at radius 3 is 2.30 bits per heavy atom. The van der Waals surface area contributed by atoms with Crippen molar-refractivity contribution in [3.8, 4) is 11.5 Å². The minimum Gasteiger partial charge on any atom is -0.493 e. The molecule has 0 aliphatic heterocycles. The topological polar surface area (TPSA) is 30.5 Å². The predicted molar refractivity (Wildman–Crippen MR) is 80.7 cm³/mol. The molecule has 2 fully saturated rings. The fraction of sp³-hybridized carbons (Fsp3) is 0.647. The Labute approximate surface area is 121 Å². The van der Waals surface area contributed by atoms with Crippen LogP contribution in [-0.2, 0) is 5.41 Å². The molecule has 3 rings (SSSR count). The maximum atomic E-state index is 5.47. The molecule has 0 amide bonds. The summed E-state index contributed by atoms with van der Waals surface area (Å²) in [5.41, 5.74) is 2.33. The molecule has 3 nitrogen and oxygen atoms in total. The zero-order valence-corrected chi connectivity index (χ0v) is 12.8. The molecule has 0 radical (unpaired) electrons. The van der Waals surface area contributed by atoms with Gasteiger partial charge >= 0.3 is 0 Å². The van der Waals surface area contributed by atoms with E-state index in [1.807, 2.05) is 13.1 Å². The van der Waals surface area contributed by atoms with Crippen LogP contribution >= 0.6 is 0 Å². The predicted octanol–water partition coefficient (Wildman–Crippen LogP) is 3.13. The van der Waals surface area contributed by atoms with Gasteiger partial charge in [-0.15, -0.1) is 0 Å². The van der Waals surface area contributed by atoms with Gasteiger partial charge in [0.15, 0.2) is 11.5 Å². The average Bonchev–Trinajstić information content (AvgIpc) is 2.39. The lowest BCUT2D eigenvalue weighted by atomic mass is 9.43. The van der Waals surface area contributed by atoms with Crippen LogP contribution in [0.15, 0.2) is 18.2 Å². The van der Waals surface area contributed by atoms with E-state index in [9.17, 15) is 0 Å². The Morgan fingerprint density at radius 2 is 1.80 bits per heavy atom. The van der Waals surface area contributed by atoms with Crippen LogP contribution in [0.2, 0.25) is 0 Å². The largest absolute Gasteiger partial charge is 0.493 e. The highest BCUT2D eigenvalue weighted by Gasteiger charge is 2.57. The van der Waals surface area contributed by atoms with E-state index < -0.39 is 0 Å². The Hall–Kier alpha value is -1.22. The summed E-state index contributed by atoms with van der Waals surface area (Å²) in [4.78, 5) is 0. The lowest BCUT2D eigenvalue weighted by Crippen LogP contribution is -2.57. The molecule has 1 aromatic rings. The van der Waals surface area contributed by atoms with Crippen LogP contribution < -0.4 is 14.8 Å². The van der Waals surface area contributed by atoms with Crippen LogP contribution in [-0.4, -0.2) is 27.8 Å². The summed E-state index contributed by atoms with van der Waals surface area (Å²) in [5.74, 6) is 1.66. The number of hydrogen-bond acceptors (Lipinski definition) is 3. The normalized spacial score (nSPS) is 21.9. The molecule has 1 spiro atoms. The van der Waals surface area contributed by atoms with Gasteiger partial charge in [-0.25, -0.2) is 0 Å². The van der Waals surface area contributed by atoms with Gasteiger partial charge in [0.05, 0.1) is 14.2 Å². The van der Waals surface area contributed by atoms with Crippen LogP contribution in [0.3, 0.4) is 0 Å². The monoisotopic (exact) mass is 275 g/mol. The summed E-state index contributed by atoms with van der Waals surface area (Å²) in [6.45, 7) is 1.05. The molecular weight excluding hydrogens is 250 g/mol. The second-order valence-corrected chi connectivity index (χ2v) is 6.59. The second-order valence-electron chi connectivity index (χ2n) is 6.59. The maximum absolute atomic E-state index is 5.47. The molecule has 0 saturated heterocycles. The van der Waals surface area contributed by atoms with Crippen molar-refractivity contribution in [2.75, 3.05) is 27.8 Å². The molecule has 0 aromatic heterocycles. The first-order valence-corrected chi connectivity index (χ1v) is 7.54. The molecule has 2 saturated carbocycles. The van der Waals surface area contributed by atoms with Gasteiger partial charge < -0.3 is 14.8 Å². The molecule has 2 aliphatic carbocycles. The highest BCUT2D eigenvalue weighted by atomic mass is 16.5. The van der Waals surface area contributed by atoms with Gasteiger partial charge in [-0.1, -0.05) is 12.5 Å². The average molecular weight is 275 g/mol. The van der Waals surface area contributed by atoms with Crippen molar-refractivity contribution in [1.82, 2.24) is 5.32 Å². The summed E-state index contributed by atoms with van der Waals surface area (Å²) in [6.07, 6.45) is 6.89. The molecule has 1 N–H and O–H groups in total. The number of methoxy groups -OCH3 is 2. The van der Waals surface area contributed by atoms with Gasteiger partial charge in [-0.2, -0.15) is 0 Å². The van der Waals surface area contributed by atoms with Crippen molar-refractivity contribution in [3.63, 3.8) is 0 Å². The number of nitrogens with one attached hydrogen (secondary N) is 1. The molecule has 2 aliphatic rings. The Bertz CT molecular complexity index is 486. The van der Waals surface area contributed by atoms with E-state index in [-0.39, 0.29) is 5.41 Å². The van der Waals surface area contributed by atoms with E-state index in [4.69, 9.17) is 9.47 Å². The number of ether oxygens (including phenoxy) is 2. The van der Waals surface area contributed by atoms with Crippen molar-refractivity contribution in [2.45, 2.75) is 37.5 Å². The molecule has 3 heteroatoms. The third-order valence-corrected chi connectivity index (χ3v) is 5.35. The molecular formula is C17H25NO2. The number of likely N-dealkylation sites (N-methyl/N-ethyl adjacent to an activating group) is 1. The third-order valence-electron chi connectivity index (χ3n) is 5.35. The highest BCUT2D eigenvalue weighted by molar-refractivity contribution is 5.46. The first-order chi connectivity index (χ1) is 9.67. The number of benzene rings is 1. The van der Waals surface area contributed by atoms with Gasteiger partial charge in [-0.3, -0.25) is 0 Å². The molecule has 110 valence electrons. The van der Waals surface area contributed by atoms with Gasteiger partial charge in [-0.05, 0) is 55.8 Å². The van der Waals surface area contributed by atoms with Crippen LogP contribution in [0, 0.1) is 5.41 Å². The Morgan fingerprint density at radius 1 is 1.10 bits per heavy atom. The first kappa shape index (κ1) is 13.7. The standard InChI is InChI=1S/C17H25NO2/c1-18-12-17(10-16(11-17)7-4-8-16)13-5-6-14(19-2)15(9-13)20-3/h5-6,9,18H,4,7-8,10-12H2,1-3H3. The van der Waals surface area contributed by atoms with Crippen molar-refractivity contribution in [3.05, 3.63) is 23.8 Å². The van der Waals surface area contributed by atoms with Crippen molar-refractivity contribution in [2.24, 2.45) is 5.41 Å². The van der Waals surface area contributed by atoms with Gasteiger partial charge in [0, 0.05) is 12.0 Å². The summed E-state index contributed by atoms with van der Waals surface area (Å²) >= 11 is 0. The van der Waals surface area contributed by atoms with Gasteiger partial charge in [0.2, 0.25) is 0 Å². The zero-order chi connectivity index (χ0) is 14.2. The van der Waals surface area contributed by atoms with Crippen LogP contribution in [0.4, 0.5) is 0 Å². The van der Waals surface area contributed by atoms with E-state index in [1.54, 1.807) is 14.2 Å².